The normalized spacial score (nSPS) is 30.4. The standard InChI is InChI=1S/C15H21N3O2/c1-11-8-13(15(19)20-11)18-7-5-12(10-18)9-17-14-4-2-3-6-16-14/h2-4,6,11-13H,5,7-10H2,1H3,(H,16,17)/t11-,12-,13+/m1/s1. The number of aromatic nitrogens is 1. The summed E-state index contributed by atoms with van der Waals surface area (Å²) in [7, 11) is 0. The van der Waals surface area contributed by atoms with Crippen LogP contribution < -0.4 is 5.32 Å². The largest absolute Gasteiger partial charge is 0.461 e. The summed E-state index contributed by atoms with van der Waals surface area (Å²) in [4.78, 5) is 18.3. The summed E-state index contributed by atoms with van der Waals surface area (Å²) in [5.74, 6) is 1.44. The lowest BCUT2D eigenvalue weighted by Gasteiger charge is -2.20. The van der Waals surface area contributed by atoms with Crippen LogP contribution in [0.25, 0.3) is 0 Å². The maximum atomic E-state index is 11.8. The van der Waals surface area contributed by atoms with Crippen molar-refractivity contribution in [3.05, 3.63) is 24.4 Å². The zero-order valence-corrected chi connectivity index (χ0v) is 11.8. The van der Waals surface area contributed by atoms with Gasteiger partial charge in [-0.2, -0.15) is 0 Å². The Morgan fingerprint density at radius 2 is 2.40 bits per heavy atom. The molecule has 2 fully saturated rings. The molecule has 0 radical (unpaired) electrons. The molecule has 2 aliphatic rings. The summed E-state index contributed by atoms with van der Waals surface area (Å²) >= 11 is 0. The molecule has 0 unspecified atom stereocenters. The molecule has 5 nitrogen and oxygen atoms in total. The third-order valence-electron chi connectivity index (χ3n) is 4.14. The van der Waals surface area contributed by atoms with Crippen LogP contribution in [0.15, 0.2) is 24.4 Å². The molecule has 108 valence electrons. The second-order valence-corrected chi connectivity index (χ2v) is 5.74. The molecular weight excluding hydrogens is 254 g/mol. The van der Waals surface area contributed by atoms with Gasteiger partial charge < -0.3 is 10.1 Å². The Morgan fingerprint density at radius 3 is 3.10 bits per heavy atom. The number of anilines is 1. The average Bonchev–Trinajstić information content (AvgIpc) is 3.04. The second kappa shape index (κ2) is 5.79. The van der Waals surface area contributed by atoms with Crippen LogP contribution in [0.5, 0.6) is 0 Å². The molecule has 2 saturated heterocycles. The highest BCUT2D eigenvalue weighted by Gasteiger charge is 2.39. The Labute approximate surface area is 119 Å². The minimum absolute atomic E-state index is 0.0233. The summed E-state index contributed by atoms with van der Waals surface area (Å²) in [6.07, 6.45) is 3.81. The molecule has 1 N–H and O–H groups in total. The quantitative estimate of drug-likeness (QED) is 0.844. The van der Waals surface area contributed by atoms with Gasteiger partial charge in [0, 0.05) is 25.7 Å². The van der Waals surface area contributed by atoms with Crippen molar-refractivity contribution < 1.29 is 9.53 Å². The van der Waals surface area contributed by atoms with Crippen LogP contribution in [0, 0.1) is 5.92 Å². The molecule has 1 aromatic heterocycles. The highest BCUT2D eigenvalue weighted by atomic mass is 16.6. The number of carbonyl (C=O) groups excluding carboxylic acids is 1. The lowest BCUT2D eigenvalue weighted by molar-refractivity contribution is -0.144. The third-order valence-corrected chi connectivity index (χ3v) is 4.14. The van der Waals surface area contributed by atoms with Gasteiger partial charge >= 0.3 is 5.97 Å². The summed E-state index contributed by atoms with van der Waals surface area (Å²) in [6.45, 7) is 4.83. The van der Waals surface area contributed by atoms with Gasteiger partial charge in [0.25, 0.3) is 0 Å². The first kappa shape index (κ1) is 13.4. The number of pyridine rings is 1. The van der Waals surface area contributed by atoms with E-state index in [9.17, 15) is 4.79 Å². The molecule has 2 aliphatic heterocycles. The first-order valence-electron chi connectivity index (χ1n) is 7.32. The van der Waals surface area contributed by atoms with Crippen molar-refractivity contribution >= 4 is 11.8 Å². The van der Waals surface area contributed by atoms with Gasteiger partial charge in [-0.05, 0) is 37.9 Å². The van der Waals surface area contributed by atoms with Gasteiger partial charge in [0.1, 0.15) is 18.0 Å². The number of ether oxygens (including phenoxy) is 1. The summed E-state index contributed by atoms with van der Waals surface area (Å²) < 4.78 is 5.24. The molecular formula is C15H21N3O2. The summed E-state index contributed by atoms with van der Waals surface area (Å²) in [5.41, 5.74) is 0. The van der Waals surface area contributed by atoms with E-state index < -0.39 is 0 Å². The number of hydrogen-bond acceptors (Lipinski definition) is 5. The SMILES string of the molecule is C[C@@H]1C[C@H](N2CC[C@H](CNc3ccccn3)C2)C(=O)O1. The number of rotatable bonds is 4. The van der Waals surface area contributed by atoms with Crippen molar-refractivity contribution in [2.75, 3.05) is 25.0 Å². The fourth-order valence-corrected chi connectivity index (χ4v) is 3.06. The predicted octanol–water partition coefficient (Wildman–Crippen LogP) is 1.52. The number of hydrogen-bond donors (Lipinski definition) is 1. The molecule has 3 rings (SSSR count). The lowest BCUT2D eigenvalue weighted by atomic mass is 10.1. The van der Waals surface area contributed by atoms with Crippen LogP contribution in [0.4, 0.5) is 5.82 Å². The van der Waals surface area contributed by atoms with Crippen molar-refractivity contribution in [1.82, 2.24) is 9.88 Å². The summed E-state index contributed by atoms with van der Waals surface area (Å²) in [5, 5.41) is 3.36. The van der Waals surface area contributed by atoms with Crippen LogP contribution in [-0.2, 0) is 9.53 Å². The van der Waals surface area contributed by atoms with E-state index in [1.165, 1.54) is 0 Å². The fraction of sp³-hybridized carbons (Fsp3) is 0.600. The Hall–Kier alpha value is -1.62. The molecule has 0 aliphatic carbocycles. The Kier molecular flexibility index (Phi) is 3.87. The Bertz CT molecular complexity index is 465. The number of esters is 1. The third kappa shape index (κ3) is 2.93. The molecule has 20 heavy (non-hydrogen) atoms. The van der Waals surface area contributed by atoms with Crippen molar-refractivity contribution in [1.29, 1.82) is 0 Å². The maximum Gasteiger partial charge on any atom is 0.323 e. The van der Waals surface area contributed by atoms with Crippen molar-refractivity contribution in [2.45, 2.75) is 31.9 Å². The van der Waals surface area contributed by atoms with Crippen LogP contribution >= 0.6 is 0 Å². The van der Waals surface area contributed by atoms with Gasteiger partial charge in [-0.3, -0.25) is 9.69 Å². The molecule has 5 heteroatoms. The van der Waals surface area contributed by atoms with E-state index in [1.54, 1.807) is 6.20 Å². The van der Waals surface area contributed by atoms with Crippen molar-refractivity contribution in [2.24, 2.45) is 5.92 Å². The first-order valence-corrected chi connectivity index (χ1v) is 7.32. The average molecular weight is 275 g/mol. The van der Waals surface area contributed by atoms with E-state index in [2.05, 4.69) is 15.2 Å². The minimum Gasteiger partial charge on any atom is -0.461 e. The second-order valence-electron chi connectivity index (χ2n) is 5.74. The Balaban J connectivity index is 1.49. The van der Waals surface area contributed by atoms with Crippen LogP contribution in [0.1, 0.15) is 19.8 Å². The molecule has 3 heterocycles. The monoisotopic (exact) mass is 275 g/mol. The Morgan fingerprint density at radius 1 is 1.50 bits per heavy atom. The summed E-state index contributed by atoms with van der Waals surface area (Å²) in [6, 6.07) is 5.84. The highest BCUT2D eigenvalue weighted by Crippen LogP contribution is 2.26. The highest BCUT2D eigenvalue weighted by molar-refractivity contribution is 5.78. The molecule has 0 spiro atoms. The smallest absolute Gasteiger partial charge is 0.323 e. The van der Waals surface area contributed by atoms with E-state index >= 15 is 0 Å². The molecule has 0 saturated carbocycles. The van der Waals surface area contributed by atoms with Gasteiger partial charge in [-0.25, -0.2) is 4.98 Å². The molecule has 0 amide bonds. The molecule has 1 aromatic rings. The van der Waals surface area contributed by atoms with Gasteiger partial charge in [0.2, 0.25) is 0 Å². The van der Waals surface area contributed by atoms with Crippen LogP contribution in [-0.4, -0.2) is 47.6 Å². The fourth-order valence-electron chi connectivity index (χ4n) is 3.06. The van der Waals surface area contributed by atoms with Crippen molar-refractivity contribution in [3.8, 4) is 0 Å². The van der Waals surface area contributed by atoms with E-state index in [0.717, 1.165) is 38.3 Å². The number of cyclic esters (lactones) is 1. The number of nitrogens with one attached hydrogen (secondary N) is 1. The van der Waals surface area contributed by atoms with E-state index in [4.69, 9.17) is 4.74 Å². The number of likely N-dealkylation sites (tertiary alicyclic amines) is 1. The van der Waals surface area contributed by atoms with Gasteiger partial charge in [-0.15, -0.1) is 0 Å². The topological polar surface area (TPSA) is 54.5 Å². The number of carbonyl (C=O) groups is 1. The van der Waals surface area contributed by atoms with E-state index in [-0.39, 0.29) is 18.1 Å². The zero-order valence-electron chi connectivity index (χ0n) is 11.8. The van der Waals surface area contributed by atoms with Gasteiger partial charge in [0.15, 0.2) is 0 Å². The maximum absolute atomic E-state index is 11.8. The lowest BCUT2D eigenvalue weighted by Crippen LogP contribution is -2.37. The first-order chi connectivity index (χ1) is 9.72. The van der Waals surface area contributed by atoms with E-state index in [1.807, 2.05) is 25.1 Å². The van der Waals surface area contributed by atoms with Crippen LogP contribution in [0.2, 0.25) is 0 Å². The molecule has 3 atom stereocenters. The zero-order chi connectivity index (χ0) is 13.9. The van der Waals surface area contributed by atoms with Gasteiger partial charge in [0.05, 0.1) is 0 Å². The van der Waals surface area contributed by atoms with Crippen molar-refractivity contribution in [3.63, 3.8) is 0 Å². The predicted molar refractivity (Wildman–Crippen MR) is 76.4 cm³/mol. The molecule has 0 aromatic carbocycles. The van der Waals surface area contributed by atoms with Crippen LogP contribution in [0.3, 0.4) is 0 Å². The van der Waals surface area contributed by atoms with E-state index in [0.29, 0.717) is 5.92 Å². The number of nitrogens with zero attached hydrogens (tertiary/aromatic N) is 2. The minimum atomic E-state index is -0.0455. The van der Waals surface area contributed by atoms with Gasteiger partial charge in [-0.1, -0.05) is 6.07 Å². The molecule has 0 bridgehead atoms.